The Balaban J connectivity index is 3.14. The zero-order valence-corrected chi connectivity index (χ0v) is 7.98. The molecule has 12 heavy (non-hydrogen) atoms. The second-order valence-corrected chi connectivity index (χ2v) is 4.07. The van der Waals surface area contributed by atoms with Crippen molar-refractivity contribution in [2.75, 3.05) is 0 Å². The monoisotopic (exact) mass is 167 g/mol. The minimum absolute atomic E-state index is 0.0749. The van der Waals surface area contributed by atoms with Gasteiger partial charge in [0.05, 0.1) is 0 Å². The summed E-state index contributed by atoms with van der Waals surface area (Å²) in [6.45, 7) is 7.77. The molecule has 0 spiro atoms. The quantitative estimate of drug-likeness (QED) is 0.579. The molecule has 0 saturated carbocycles. The summed E-state index contributed by atoms with van der Waals surface area (Å²) in [7, 11) is 0. The van der Waals surface area contributed by atoms with Gasteiger partial charge in [0.25, 0.3) is 0 Å². The van der Waals surface area contributed by atoms with Crippen LogP contribution in [0.1, 0.15) is 32.0 Å². The molecule has 0 bridgehead atoms. The molecule has 0 radical (unpaired) electrons. The Morgan fingerprint density at radius 1 is 1.33 bits per heavy atom. The molecule has 2 heteroatoms. The molecule has 1 aromatic rings. The van der Waals surface area contributed by atoms with Crippen molar-refractivity contribution in [2.45, 2.75) is 33.1 Å². The van der Waals surface area contributed by atoms with Gasteiger partial charge in [0.15, 0.2) is 0 Å². The SMILES string of the molecule is Cc1cnc(C(C)(C)C)cc1F. The number of nitrogens with zero attached hydrogens (tertiary/aromatic N) is 1. The average molecular weight is 167 g/mol. The Labute approximate surface area is 72.6 Å². The van der Waals surface area contributed by atoms with Crippen LogP contribution in [0.25, 0.3) is 0 Å². The third-order valence-electron chi connectivity index (χ3n) is 1.81. The van der Waals surface area contributed by atoms with Crippen molar-refractivity contribution in [2.24, 2.45) is 0 Å². The summed E-state index contributed by atoms with van der Waals surface area (Å²) < 4.78 is 13.1. The van der Waals surface area contributed by atoms with Gasteiger partial charge < -0.3 is 0 Å². The standard InChI is InChI=1S/C10H14FN/c1-7-6-12-9(5-8(7)11)10(2,3)4/h5-6H,1-4H3. The molecule has 1 heterocycles. The lowest BCUT2D eigenvalue weighted by Gasteiger charge is -2.17. The third-order valence-corrected chi connectivity index (χ3v) is 1.81. The highest BCUT2D eigenvalue weighted by molar-refractivity contribution is 5.19. The van der Waals surface area contributed by atoms with Crippen LogP contribution in [-0.4, -0.2) is 4.98 Å². The van der Waals surface area contributed by atoms with Crippen molar-refractivity contribution in [3.05, 3.63) is 29.3 Å². The van der Waals surface area contributed by atoms with Gasteiger partial charge in [-0.25, -0.2) is 4.39 Å². The Hall–Kier alpha value is -0.920. The fraction of sp³-hybridized carbons (Fsp3) is 0.500. The van der Waals surface area contributed by atoms with Crippen molar-refractivity contribution in [3.63, 3.8) is 0 Å². The maximum absolute atomic E-state index is 13.1. The lowest BCUT2D eigenvalue weighted by Crippen LogP contribution is -2.13. The molecular weight excluding hydrogens is 153 g/mol. The van der Waals surface area contributed by atoms with E-state index < -0.39 is 0 Å². The van der Waals surface area contributed by atoms with Crippen molar-refractivity contribution < 1.29 is 4.39 Å². The molecular formula is C10H14FN. The van der Waals surface area contributed by atoms with Gasteiger partial charge in [0, 0.05) is 22.9 Å². The van der Waals surface area contributed by atoms with Crippen LogP contribution in [0.4, 0.5) is 4.39 Å². The molecule has 0 aromatic carbocycles. The predicted octanol–water partition coefficient (Wildman–Crippen LogP) is 2.83. The van der Waals surface area contributed by atoms with Crippen molar-refractivity contribution in [1.29, 1.82) is 0 Å². The fourth-order valence-electron chi connectivity index (χ4n) is 0.909. The molecule has 0 N–H and O–H groups in total. The summed E-state index contributed by atoms with van der Waals surface area (Å²) in [6.07, 6.45) is 1.58. The van der Waals surface area contributed by atoms with Crippen LogP contribution < -0.4 is 0 Å². The number of halogens is 1. The third kappa shape index (κ3) is 1.81. The second kappa shape index (κ2) is 2.85. The largest absolute Gasteiger partial charge is 0.260 e. The van der Waals surface area contributed by atoms with Gasteiger partial charge in [-0.2, -0.15) is 0 Å². The molecule has 66 valence electrons. The highest BCUT2D eigenvalue weighted by Crippen LogP contribution is 2.20. The Morgan fingerprint density at radius 3 is 2.33 bits per heavy atom. The van der Waals surface area contributed by atoms with E-state index in [0.29, 0.717) is 5.56 Å². The highest BCUT2D eigenvalue weighted by Gasteiger charge is 2.16. The number of aromatic nitrogens is 1. The molecule has 0 fully saturated rings. The zero-order chi connectivity index (χ0) is 9.35. The van der Waals surface area contributed by atoms with E-state index in [-0.39, 0.29) is 11.2 Å². The first kappa shape index (κ1) is 9.17. The van der Waals surface area contributed by atoms with Crippen molar-refractivity contribution >= 4 is 0 Å². The van der Waals surface area contributed by atoms with Gasteiger partial charge in [-0.15, -0.1) is 0 Å². The van der Waals surface area contributed by atoms with Gasteiger partial charge in [0.2, 0.25) is 0 Å². The molecule has 0 aliphatic carbocycles. The van der Waals surface area contributed by atoms with Crippen molar-refractivity contribution in [3.8, 4) is 0 Å². The Bertz CT molecular complexity index is 286. The van der Waals surface area contributed by atoms with Crippen LogP contribution >= 0.6 is 0 Å². The van der Waals surface area contributed by atoms with Crippen LogP contribution in [0.2, 0.25) is 0 Å². The second-order valence-electron chi connectivity index (χ2n) is 4.07. The van der Waals surface area contributed by atoms with E-state index in [9.17, 15) is 4.39 Å². The first-order chi connectivity index (χ1) is 5.41. The number of hydrogen-bond donors (Lipinski definition) is 0. The van der Waals surface area contributed by atoms with Gasteiger partial charge in [0.1, 0.15) is 5.82 Å². The van der Waals surface area contributed by atoms with Crippen LogP contribution in [0.3, 0.4) is 0 Å². The van der Waals surface area contributed by atoms with Crippen molar-refractivity contribution in [1.82, 2.24) is 4.98 Å². The van der Waals surface area contributed by atoms with E-state index >= 15 is 0 Å². The summed E-state index contributed by atoms with van der Waals surface area (Å²) in [4.78, 5) is 4.17. The Morgan fingerprint density at radius 2 is 1.92 bits per heavy atom. The molecule has 1 aromatic heterocycles. The van der Waals surface area contributed by atoms with E-state index in [1.54, 1.807) is 13.1 Å². The summed E-state index contributed by atoms with van der Waals surface area (Å²) in [6, 6.07) is 1.51. The number of aryl methyl sites for hydroxylation is 1. The van der Waals surface area contributed by atoms with Crippen LogP contribution in [0, 0.1) is 12.7 Å². The molecule has 0 amide bonds. The van der Waals surface area contributed by atoms with E-state index in [2.05, 4.69) is 4.98 Å². The molecule has 0 aliphatic heterocycles. The summed E-state index contributed by atoms with van der Waals surface area (Å²) >= 11 is 0. The molecule has 0 atom stereocenters. The van der Waals surface area contributed by atoms with Crippen LogP contribution in [0.15, 0.2) is 12.3 Å². The van der Waals surface area contributed by atoms with E-state index in [4.69, 9.17) is 0 Å². The molecule has 0 unspecified atom stereocenters. The molecule has 1 nitrogen and oxygen atoms in total. The lowest BCUT2D eigenvalue weighted by atomic mass is 9.91. The molecule has 1 rings (SSSR count). The first-order valence-corrected chi connectivity index (χ1v) is 4.04. The lowest BCUT2D eigenvalue weighted by molar-refractivity contribution is 0.549. The number of hydrogen-bond acceptors (Lipinski definition) is 1. The predicted molar refractivity (Wildman–Crippen MR) is 47.6 cm³/mol. The maximum atomic E-state index is 13.1. The van der Waals surface area contributed by atoms with E-state index in [1.807, 2.05) is 20.8 Å². The number of pyridine rings is 1. The summed E-state index contributed by atoms with van der Waals surface area (Å²) in [5.41, 5.74) is 1.32. The van der Waals surface area contributed by atoms with E-state index in [0.717, 1.165) is 5.69 Å². The van der Waals surface area contributed by atoms with Gasteiger partial charge in [-0.1, -0.05) is 20.8 Å². The zero-order valence-electron chi connectivity index (χ0n) is 7.98. The summed E-state index contributed by atoms with van der Waals surface area (Å²) in [5.74, 6) is -0.171. The van der Waals surface area contributed by atoms with Gasteiger partial charge in [-0.05, 0) is 13.0 Å². The first-order valence-electron chi connectivity index (χ1n) is 4.04. The minimum Gasteiger partial charge on any atom is -0.260 e. The normalized spacial score (nSPS) is 11.8. The maximum Gasteiger partial charge on any atom is 0.129 e. The smallest absolute Gasteiger partial charge is 0.129 e. The summed E-state index contributed by atoms with van der Waals surface area (Å²) in [5, 5.41) is 0. The van der Waals surface area contributed by atoms with Gasteiger partial charge >= 0.3 is 0 Å². The number of rotatable bonds is 0. The highest BCUT2D eigenvalue weighted by atomic mass is 19.1. The Kier molecular flexibility index (Phi) is 2.18. The van der Waals surface area contributed by atoms with E-state index in [1.165, 1.54) is 6.07 Å². The molecule has 0 aliphatic rings. The fourth-order valence-corrected chi connectivity index (χ4v) is 0.909. The van der Waals surface area contributed by atoms with Gasteiger partial charge in [-0.3, -0.25) is 4.98 Å². The average Bonchev–Trinajstić information content (AvgIpc) is 1.92. The topological polar surface area (TPSA) is 12.9 Å². The van der Waals surface area contributed by atoms with Crippen LogP contribution in [0.5, 0.6) is 0 Å². The minimum atomic E-state index is -0.171. The molecule has 0 saturated heterocycles. The van der Waals surface area contributed by atoms with Crippen LogP contribution in [-0.2, 0) is 5.41 Å².